The number of pyridine rings is 1. The third-order valence-corrected chi connectivity index (χ3v) is 2.17. The first-order valence-electron chi connectivity index (χ1n) is 4.02. The molecule has 68 valence electrons. The predicted octanol–water partition coefficient (Wildman–Crippen LogP) is 2.13. The van der Waals surface area contributed by atoms with Crippen LogP contribution >= 0.6 is 15.9 Å². The van der Waals surface area contributed by atoms with Crippen LogP contribution in [0.5, 0.6) is 0 Å². The summed E-state index contributed by atoms with van der Waals surface area (Å²) in [6, 6.07) is 4.14. The van der Waals surface area contributed by atoms with Gasteiger partial charge in [0, 0.05) is 16.7 Å². The minimum Gasteiger partial charge on any atom is -0.298 e. The lowest BCUT2D eigenvalue weighted by molar-refractivity contribution is 0.606. The molecule has 0 aliphatic carbocycles. The van der Waals surface area contributed by atoms with Gasteiger partial charge in [0.1, 0.15) is 0 Å². The van der Waals surface area contributed by atoms with Gasteiger partial charge in [0.25, 0.3) is 0 Å². The fourth-order valence-electron chi connectivity index (χ4n) is 0.960. The molecule has 0 aromatic carbocycles. The Labute approximate surface area is 86.9 Å². The average molecular weight is 239 g/mol. The number of rotatable bonds is 3. The lowest BCUT2D eigenvalue weighted by Gasteiger charge is -2.10. The Bertz CT molecular complexity index is 300. The van der Waals surface area contributed by atoms with Crippen molar-refractivity contribution in [3.8, 4) is 12.3 Å². The molecule has 1 atom stereocenters. The van der Waals surface area contributed by atoms with Gasteiger partial charge in [-0.15, -0.1) is 6.42 Å². The Morgan fingerprint density at radius 3 is 3.00 bits per heavy atom. The van der Waals surface area contributed by atoms with Gasteiger partial charge in [-0.25, -0.2) is 0 Å². The van der Waals surface area contributed by atoms with Crippen LogP contribution in [0.2, 0.25) is 0 Å². The second-order valence-electron chi connectivity index (χ2n) is 2.71. The first kappa shape index (κ1) is 10.2. The van der Waals surface area contributed by atoms with Crippen LogP contribution in [0.4, 0.5) is 0 Å². The number of nitrogens with zero attached hydrogens (tertiary/aromatic N) is 1. The topological polar surface area (TPSA) is 24.9 Å². The highest BCUT2D eigenvalue weighted by Crippen LogP contribution is 2.12. The Morgan fingerprint density at radius 1 is 1.69 bits per heavy atom. The van der Waals surface area contributed by atoms with Gasteiger partial charge < -0.3 is 0 Å². The van der Waals surface area contributed by atoms with Gasteiger partial charge in [-0.3, -0.25) is 10.3 Å². The summed E-state index contributed by atoms with van der Waals surface area (Å²) in [5.74, 6) is 2.53. The van der Waals surface area contributed by atoms with Gasteiger partial charge >= 0.3 is 0 Å². The van der Waals surface area contributed by atoms with Crippen molar-refractivity contribution in [2.45, 2.75) is 13.0 Å². The van der Waals surface area contributed by atoms with Crippen molar-refractivity contribution < 1.29 is 0 Å². The van der Waals surface area contributed by atoms with E-state index in [0.29, 0.717) is 6.54 Å². The molecule has 1 heterocycles. The summed E-state index contributed by atoms with van der Waals surface area (Å²) in [6.45, 7) is 2.60. The number of hydrogen-bond acceptors (Lipinski definition) is 2. The molecule has 1 aromatic heterocycles. The highest BCUT2D eigenvalue weighted by molar-refractivity contribution is 9.10. The van der Waals surface area contributed by atoms with Gasteiger partial charge in [-0.2, -0.15) is 0 Å². The number of halogens is 1. The van der Waals surface area contributed by atoms with E-state index in [1.165, 1.54) is 0 Å². The van der Waals surface area contributed by atoms with Gasteiger partial charge in [-0.05, 0) is 35.0 Å². The number of nitrogens with one attached hydrogen (secondary N) is 1. The summed E-state index contributed by atoms with van der Waals surface area (Å²) < 4.78 is 0.986. The van der Waals surface area contributed by atoms with Crippen LogP contribution in [0.25, 0.3) is 0 Å². The van der Waals surface area contributed by atoms with Crippen molar-refractivity contribution in [2.24, 2.45) is 0 Å². The maximum Gasteiger partial charge on any atom is 0.0578 e. The summed E-state index contributed by atoms with van der Waals surface area (Å²) in [4.78, 5) is 4.25. The van der Waals surface area contributed by atoms with E-state index in [0.717, 1.165) is 10.2 Å². The number of terminal acetylenes is 1. The van der Waals surface area contributed by atoms with Crippen LogP contribution in [-0.4, -0.2) is 11.5 Å². The zero-order valence-corrected chi connectivity index (χ0v) is 9.01. The fourth-order valence-corrected chi connectivity index (χ4v) is 1.19. The SMILES string of the molecule is C#CCNC(C)c1ccc(Br)cn1. The molecular weight excluding hydrogens is 228 g/mol. The predicted molar refractivity (Wildman–Crippen MR) is 57.2 cm³/mol. The van der Waals surface area contributed by atoms with E-state index in [2.05, 4.69) is 32.2 Å². The van der Waals surface area contributed by atoms with Crippen LogP contribution in [-0.2, 0) is 0 Å². The minimum absolute atomic E-state index is 0.198. The third kappa shape index (κ3) is 3.17. The zero-order chi connectivity index (χ0) is 9.68. The zero-order valence-electron chi connectivity index (χ0n) is 7.42. The van der Waals surface area contributed by atoms with Crippen molar-refractivity contribution in [2.75, 3.05) is 6.54 Å². The van der Waals surface area contributed by atoms with Crippen molar-refractivity contribution in [3.05, 3.63) is 28.5 Å². The van der Waals surface area contributed by atoms with Crippen LogP contribution in [0, 0.1) is 12.3 Å². The maximum atomic E-state index is 5.14. The summed E-state index contributed by atoms with van der Waals surface area (Å²) in [5, 5.41) is 3.15. The first-order valence-corrected chi connectivity index (χ1v) is 4.81. The molecule has 1 N–H and O–H groups in total. The van der Waals surface area contributed by atoms with Crippen molar-refractivity contribution in [3.63, 3.8) is 0 Å². The van der Waals surface area contributed by atoms with Crippen LogP contribution < -0.4 is 5.32 Å². The summed E-state index contributed by atoms with van der Waals surface area (Å²) >= 11 is 3.33. The van der Waals surface area contributed by atoms with E-state index in [-0.39, 0.29) is 6.04 Å². The van der Waals surface area contributed by atoms with Gasteiger partial charge in [0.15, 0.2) is 0 Å². The van der Waals surface area contributed by atoms with Gasteiger partial charge in [-0.1, -0.05) is 5.92 Å². The van der Waals surface area contributed by atoms with E-state index in [4.69, 9.17) is 6.42 Å². The molecular formula is C10H11BrN2. The monoisotopic (exact) mass is 238 g/mol. The molecule has 0 fully saturated rings. The molecule has 0 bridgehead atoms. The standard InChI is InChI=1S/C10H11BrN2/c1-3-6-12-8(2)10-5-4-9(11)7-13-10/h1,4-5,7-8,12H,6H2,2H3. The number of hydrogen-bond donors (Lipinski definition) is 1. The van der Waals surface area contributed by atoms with Gasteiger partial charge in [0.05, 0.1) is 12.2 Å². The normalized spacial score (nSPS) is 12.1. The van der Waals surface area contributed by atoms with Crippen molar-refractivity contribution >= 4 is 15.9 Å². The quantitative estimate of drug-likeness (QED) is 0.817. The molecule has 0 saturated carbocycles. The lowest BCUT2D eigenvalue weighted by atomic mass is 10.2. The second kappa shape index (κ2) is 5.00. The molecule has 0 amide bonds. The first-order chi connectivity index (χ1) is 6.24. The third-order valence-electron chi connectivity index (χ3n) is 1.70. The molecule has 1 unspecified atom stereocenters. The van der Waals surface area contributed by atoms with Crippen LogP contribution in [0.15, 0.2) is 22.8 Å². The van der Waals surface area contributed by atoms with Crippen molar-refractivity contribution in [1.82, 2.24) is 10.3 Å². The highest BCUT2D eigenvalue weighted by Gasteiger charge is 2.03. The Balaban J connectivity index is 2.62. The Hall–Kier alpha value is -0.850. The average Bonchev–Trinajstić information content (AvgIpc) is 2.15. The molecule has 0 radical (unpaired) electrons. The maximum absolute atomic E-state index is 5.14. The smallest absolute Gasteiger partial charge is 0.0578 e. The molecule has 0 aliphatic heterocycles. The Kier molecular flexibility index (Phi) is 3.94. The number of aromatic nitrogens is 1. The lowest BCUT2D eigenvalue weighted by Crippen LogP contribution is -2.19. The van der Waals surface area contributed by atoms with Gasteiger partial charge in [0.2, 0.25) is 0 Å². The van der Waals surface area contributed by atoms with Crippen molar-refractivity contribution in [1.29, 1.82) is 0 Å². The highest BCUT2D eigenvalue weighted by atomic mass is 79.9. The summed E-state index contributed by atoms with van der Waals surface area (Å²) in [7, 11) is 0. The largest absolute Gasteiger partial charge is 0.298 e. The van der Waals surface area contributed by atoms with E-state index >= 15 is 0 Å². The summed E-state index contributed by atoms with van der Waals surface area (Å²) in [6.07, 6.45) is 6.92. The molecule has 0 aliphatic rings. The molecule has 1 rings (SSSR count). The van der Waals surface area contributed by atoms with E-state index in [1.54, 1.807) is 6.20 Å². The Morgan fingerprint density at radius 2 is 2.46 bits per heavy atom. The van der Waals surface area contributed by atoms with Crippen LogP contribution in [0.3, 0.4) is 0 Å². The molecule has 3 heteroatoms. The molecule has 13 heavy (non-hydrogen) atoms. The minimum atomic E-state index is 0.198. The fraction of sp³-hybridized carbons (Fsp3) is 0.300. The van der Waals surface area contributed by atoms with Crippen LogP contribution in [0.1, 0.15) is 18.7 Å². The van der Waals surface area contributed by atoms with E-state index < -0.39 is 0 Å². The van der Waals surface area contributed by atoms with E-state index in [1.807, 2.05) is 19.1 Å². The molecule has 2 nitrogen and oxygen atoms in total. The van der Waals surface area contributed by atoms with E-state index in [9.17, 15) is 0 Å². The molecule has 0 saturated heterocycles. The second-order valence-corrected chi connectivity index (χ2v) is 3.62. The molecule has 1 aromatic rings. The molecule has 0 spiro atoms. The summed E-state index contributed by atoms with van der Waals surface area (Å²) in [5.41, 5.74) is 0.999.